The summed E-state index contributed by atoms with van der Waals surface area (Å²) in [6.07, 6.45) is -1.12. The Kier molecular flexibility index (Phi) is 6.92. The third-order valence-corrected chi connectivity index (χ3v) is 4.02. The molecule has 0 unspecified atom stereocenters. The molecule has 1 heterocycles. The number of rotatable bonds is 8. The molecule has 150 valence electrons. The third-order valence-electron chi connectivity index (χ3n) is 4.02. The van der Waals surface area contributed by atoms with Crippen molar-refractivity contribution in [2.75, 3.05) is 13.2 Å². The van der Waals surface area contributed by atoms with Gasteiger partial charge in [0.05, 0.1) is 17.9 Å². The number of aryl methyl sites for hydroxylation is 1. The van der Waals surface area contributed by atoms with Gasteiger partial charge in [0.2, 0.25) is 5.78 Å². The van der Waals surface area contributed by atoms with E-state index in [4.69, 9.17) is 14.2 Å². The molecule has 0 spiro atoms. The second-order valence-corrected chi connectivity index (χ2v) is 6.06. The number of para-hydroxylation sites is 1. The normalized spacial score (nSPS) is 11.6. The van der Waals surface area contributed by atoms with Gasteiger partial charge >= 0.3 is 11.9 Å². The number of ketones is 1. The van der Waals surface area contributed by atoms with Gasteiger partial charge in [-0.25, -0.2) is 14.0 Å². The minimum absolute atomic E-state index is 0.0895. The number of ether oxygens (including phenoxy) is 3. The Balaban J connectivity index is 2.02. The lowest BCUT2D eigenvalue weighted by molar-refractivity contribution is -0.148. The van der Waals surface area contributed by atoms with Crippen LogP contribution in [0.25, 0.3) is 0 Å². The smallest absolute Gasteiger partial charge is 0.344 e. The number of aromatic amines is 1. The van der Waals surface area contributed by atoms with Gasteiger partial charge in [-0.15, -0.1) is 0 Å². The van der Waals surface area contributed by atoms with Crippen molar-refractivity contribution in [3.8, 4) is 5.75 Å². The van der Waals surface area contributed by atoms with Gasteiger partial charge in [-0.2, -0.15) is 0 Å². The molecule has 0 saturated carbocycles. The molecule has 0 fully saturated rings. The Bertz CT molecular complexity index is 889. The van der Waals surface area contributed by atoms with Crippen LogP contribution in [0.4, 0.5) is 4.39 Å². The van der Waals surface area contributed by atoms with Gasteiger partial charge in [-0.1, -0.05) is 12.1 Å². The van der Waals surface area contributed by atoms with Crippen molar-refractivity contribution in [3.05, 3.63) is 52.6 Å². The molecule has 2 rings (SSSR count). The van der Waals surface area contributed by atoms with Crippen LogP contribution in [-0.4, -0.2) is 42.0 Å². The lowest BCUT2D eigenvalue weighted by Gasteiger charge is -2.13. The molecule has 0 aliphatic heterocycles. The van der Waals surface area contributed by atoms with Crippen molar-refractivity contribution in [3.63, 3.8) is 0 Å². The van der Waals surface area contributed by atoms with Crippen molar-refractivity contribution in [1.82, 2.24) is 4.98 Å². The first-order chi connectivity index (χ1) is 13.3. The van der Waals surface area contributed by atoms with Crippen LogP contribution in [-0.2, 0) is 14.3 Å². The maximum atomic E-state index is 13.5. The SMILES string of the molecule is CCOC(=O)c1c(C)[nH]c(C(=O)[C@@H](C)OC(=O)COc2ccccc2F)c1C. The minimum Gasteiger partial charge on any atom is -0.479 e. The predicted octanol–water partition coefficient (Wildman–Crippen LogP) is 3.14. The highest BCUT2D eigenvalue weighted by Crippen LogP contribution is 2.21. The number of hydrogen-bond acceptors (Lipinski definition) is 6. The van der Waals surface area contributed by atoms with E-state index in [1.165, 1.54) is 25.1 Å². The second kappa shape index (κ2) is 9.16. The molecule has 0 saturated heterocycles. The first kappa shape index (κ1) is 21.1. The highest BCUT2D eigenvalue weighted by atomic mass is 19.1. The number of aromatic nitrogens is 1. The average Bonchev–Trinajstić information content (AvgIpc) is 2.94. The summed E-state index contributed by atoms with van der Waals surface area (Å²) in [5.74, 6) is -2.56. The molecule has 0 aliphatic carbocycles. The number of carbonyl (C=O) groups is 3. The van der Waals surface area contributed by atoms with Crippen molar-refractivity contribution in [2.45, 2.75) is 33.8 Å². The maximum absolute atomic E-state index is 13.5. The quantitative estimate of drug-likeness (QED) is 0.549. The van der Waals surface area contributed by atoms with Crippen LogP contribution < -0.4 is 4.74 Å². The van der Waals surface area contributed by atoms with E-state index in [9.17, 15) is 18.8 Å². The van der Waals surface area contributed by atoms with Crippen molar-refractivity contribution in [1.29, 1.82) is 0 Å². The molecule has 1 aromatic heterocycles. The fraction of sp³-hybridized carbons (Fsp3) is 0.350. The number of esters is 2. The van der Waals surface area contributed by atoms with E-state index in [2.05, 4.69) is 4.98 Å². The van der Waals surface area contributed by atoms with Crippen molar-refractivity contribution in [2.24, 2.45) is 0 Å². The summed E-state index contributed by atoms with van der Waals surface area (Å²) in [6, 6.07) is 5.63. The standard InChI is InChI=1S/C20H22FNO6/c1-5-26-20(25)17-11(2)18(22-12(17)3)19(24)13(4)28-16(23)10-27-15-9-7-6-8-14(15)21/h6-9,13,22H,5,10H2,1-4H3/t13-/m1/s1. The number of hydrogen-bond donors (Lipinski definition) is 1. The van der Waals surface area contributed by atoms with Gasteiger partial charge in [0.15, 0.2) is 24.3 Å². The summed E-state index contributed by atoms with van der Waals surface area (Å²) in [5, 5.41) is 0. The van der Waals surface area contributed by atoms with E-state index in [0.717, 1.165) is 0 Å². The van der Waals surface area contributed by atoms with Gasteiger partial charge < -0.3 is 19.2 Å². The van der Waals surface area contributed by atoms with Crippen LogP contribution in [0, 0.1) is 19.7 Å². The topological polar surface area (TPSA) is 94.7 Å². The Morgan fingerprint density at radius 1 is 1.18 bits per heavy atom. The Hall–Kier alpha value is -3.16. The molecular formula is C20H22FNO6. The Labute approximate surface area is 161 Å². The summed E-state index contributed by atoms with van der Waals surface area (Å²) >= 11 is 0. The minimum atomic E-state index is -1.12. The first-order valence-electron chi connectivity index (χ1n) is 8.73. The number of benzene rings is 1. The average molecular weight is 391 g/mol. The molecule has 8 heteroatoms. The lowest BCUT2D eigenvalue weighted by atomic mass is 10.1. The van der Waals surface area contributed by atoms with Crippen molar-refractivity contribution < 1.29 is 33.0 Å². The zero-order valence-electron chi connectivity index (χ0n) is 16.1. The largest absolute Gasteiger partial charge is 0.479 e. The van der Waals surface area contributed by atoms with E-state index in [1.54, 1.807) is 26.8 Å². The van der Waals surface area contributed by atoms with E-state index in [-0.39, 0.29) is 23.6 Å². The fourth-order valence-electron chi connectivity index (χ4n) is 2.69. The molecule has 0 bridgehead atoms. The molecular weight excluding hydrogens is 369 g/mol. The zero-order chi connectivity index (χ0) is 20.8. The van der Waals surface area contributed by atoms with Gasteiger partial charge in [0, 0.05) is 5.69 Å². The Morgan fingerprint density at radius 2 is 1.86 bits per heavy atom. The summed E-state index contributed by atoms with van der Waals surface area (Å²) in [5.41, 5.74) is 1.36. The highest BCUT2D eigenvalue weighted by Gasteiger charge is 2.27. The summed E-state index contributed by atoms with van der Waals surface area (Å²) < 4.78 is 28.6. The molecule has 1 atom stereocenters. The highest BCUT2D eigenvalue weighted by molar-refractivity contribution is 6.04. The molecule has 28 heavy (non-hydrogen) atoms. The van der Waals surface area contributed by atoms with Crippen LogP contribution in [0.5, 0.6) is 5.75 Å². The van der Waals surface area contributed by atoms with Gasteiger partial charge in [-0.05, 0) is 45.4 Å². The van der Waals surface area contributed by atoms with E-state index >= 15 is 0 Å². The van der Waals surface area contributed by atoms with E-state index in [0.29, 0.717) is 11.3 Å². The number of Topliss-reactive ketones (excluding diaryl/α,β-unsaturated/α-hetero) is 1. The maximum Gasteiger partial charge on any atom is 0.344 e. The summed E-state index contributed by atoms with van der Waals surface area (Å²) in [7, 11) is 0. The summed E-state index contributed by atoms with van der Waals surface area (Å²) in [4.78, 5) is 39.4. The number of carbonyl (C=O) groups excluding carboxylic acids is 3. The predicted molar refractivity (Wildman–Crippen MR) is 98.0 cm³/mol. The zero-order valence-corrected chi connectivity index (χ0v) is 16.1. The molecule has 1 N–H and O–H groups in total. The lowest BCUT2D eigenvalue weighted by Crippen LogP contribution is -2.28. The third kappa shape index (κ3) is 4.76. The molecule has 0 radical (unpaired) electrons. The van der Waals surface area contributed by atoms with E-state index < -0.39 is 36.2 Å². The van der Waals surface area contributed by atoms with Gasteiger partial charge in [0.25, 0.3) is 0 Å². The van der Waals surface area contributed by atoms with Gasteiger partial charge in [0.1, 0.15) is 0 Å². The van der Waals surface area contributed by atoms with Crippen LogP contribution >= 0.6 is 0 Å². The first-order valence-corrected chi connectivity index (χ1v) is 8.73. The number of nitrogens with one attached hydrogen (secondary N) is 1. The van der Waals surface area contributed by atoms with Gasteiger partial charge in [-0.3, -0.25) is 4.79 Å². The van der Waals surface area contributed by atoms with Crippen molar-refractivity contribution >= 4 is 17.7 Å². The van der Waals surface area contributed by atoms with Crippen LogP contribution in [0.2, 0.25) is 0 Å². The second-order valence-electron chi connectivity index (χ2n) is 6.06. The van der Waals surface area contributed by atoms with Crippen LogP contribution in [0.1, 0.15) is 46.0 Å². The number of halogens is 1. The van der Waals surface area contributed by atoms with Crippen LogP contribution in [0.15, 0.2) is 24.3 Å². The molecule has 0 amide bonds. The fourth-order valence-corrected chi connectivity index (χ4v) is 2.69. The molecule has 0 aliphatic rings. The Morgan fingerprint density at radius 3 is 2.50 bits per heavy atom. The molecule has 1 aromatic carbocycles. The van der Waals surface area contributed by atoms with E-state index in [1.807, 2.05) is 0 Å². The molecule has 2 aromatic rings. The monoisotopic (exact) mass is 391 g/mol. The summed E-state index contributed by atoms with van der Waals surface area (Å²) in [6.45, 7) is 6.01. The van der Waals surface area contributed by atoms with Crippen LogP contribution in [0.3, 0.4) is 0 Å². The molecule has 7 nitrogen and oxygen atoms in total. The number of H-pyrrole nitrogens is 1.